The number of hydrogen-bond donors (Lipinski definition) is 0. The molecular weight excluding hydrogens is 384 g/mol. The Morgan fingerprint density at radius 1 is 1.03 bits per heavy atom. The monoisotopic (exact) mass is 420 g/mol. The van der Waals surface area contributed by atoms with Crippen molar-refractivity contribution >= 4 is 11.8 Å². The van der Waals surface area contributed by atoms with Crippen molar-refractivity contribution in [2.45, 2.75) is 77.4 Å². The van der Waals surface area contributed by atoms with Gasteiger partial charge in [0.1, 0.15) is 18.0 Å². The van der Waals surface area contributed by atoms with Crippen LogP contribution in [0.4, 0.5) is 0 Å². The fourth-order valence-corrected chi connectivity index (χ4v) is 3.25. The zero-order valence-corrected chi connectivity index (χ0v) is 18.2. The lowest BCUT2D eigenvalue weighted by molar-refractivity contribution is -0.162. The van der Waals surface area contributed by atoms with Crippen molar-refractivity contribution in [3.63, 3.8) is 0 Å². The Morgan fingerprint density at radius 3 is 2.57 bits per heavy atom. The lowest BCUT2D eigenvalue weighted by Crippen LogP contribution is -2.22. The average Bonchev–Trinajstić information content (AvgIpc) is 2.75. The molecule has 6 heteroatoms. The van der Waals surface area contributed by atoms with E-state index in [1.54, 1.807) is 0 Å². The van der Waals surface area contributed by atoms with Crippen LogP contribution in [-0.4, -0.2) is 44.5 Å². The van der Waals surface area contributed by atoms with E-state index in [0.29, 0.717) is 19.6 Å². The topological polar surface area (TPSA) is 71.1 Å². The first-order chi connectivity index (χ1) is 14.7. The van der Waals surface area contributed by atoms with Crippen LogP contribution in [0.1, 0.15) is 70.3 Å². The van der Waals surface area contributed by atoms with Gasteiger partial charge in [-0.2, -0.15) is 0 Å². The number of Topliss-reactive ketones (excluding diaryl/α,β-unsaturated/α-hetero) is 1. The molecule has 0 N–H and O–H groups in total. The Hall–Kier alpha value is -1.92. The largest absolute Gasteiger partial charge is 0.494 e. The van der Waals surface area contributed by atoms with E-state index < -0.39 is 5.97 Å². The number of esters is 1. The van der Waals surface area contributed by atoms with Crippen LogP contribution < -0.4 is 4.74 Å². The van der Waals surface area contributed by atoms with Crippen LogP contribution >= 0.6 is 0 Å². The number of ketones is 1. The van der Waals surface area contributed by atoms with Crippen LogP contribution in [-0.2, 0) is 30.2 Å². The number of hydrogen-bond acceptors (Lipinski definition) is 6. The molecule has 1 saturated heterocycles. The van der Waals surface area contributed by atoms with Crippen molar-refractivity contribution in [3.05, 3.63) is 29.8 Å². The predicted octanol–water partition coefficient (Wildman–Crippen LogP) is 4.62. The van der Waals surface area contributed by atoms with Gasteiger partial charge in [0.05, 0.1) is 19.8 Å². The van der Waals surface area contributed by atoms with Crippen molar-refractivity contribution in [1.82, 2.24) is 0 Å². The Balaban J connectivity index is 1.48. The minimum Gasteiger partial charge on any atom is -0.494 e. The fraction of sp³-hybridized carbons (Fsp3) is 0.667. The second kappa shape index (κ2) is 15.0. The van der Waals surface area contributed by atoms with Gasteiger partial charge >= 0.3 is 5.97 Å². The van der Waals surface area contributed by atoms with E-state index >= 15 is 0 Å². The second-order valence-corrected chi connectivity index (χ2v) is 7.66. The van der Waals surface area contributed by atoms with Crippen LogP contribution in [0.2, 0.25) is 0 Å². The van der Waals surface area contributed by atoms with Crippen molar-refractivity contribution in [3.8, 4) is 5.75 Å². The normalized spacial score (nSPS) is 16.2. The molecule has 6 nitrogen and oxygen atoms in total. The highest BCUT2D eigenvalue weighted by molar-refractivity contribution is 5.95. The highest BCUT2D eigenvalue weighted by atomic mass is 16.7. The average molecular weight is 421 g/mol. The summed E-state index contributed by atoms with van der Waals surface area (Å²) in [5.74, 6) is 0.356. The maximum atomic E-state index is 11.5. The molecule has 1 heterocycles. The SMILES string of the molecule is CCCC(=O)CC(=O)OCCCCOc1ccc(CCCOC2CCCCO2)cc1. The highest BCUT2D eigenvalue weighted by Crippen LogP contribution is 2.16. The molecule has 0 saturated carbocycles. The third kappa shape index (κ3) is 10.7. The summed E-state index contributed by atoms with van der Waals surface area (Å²) in [6.45, 7) is 4.35. The van der Waals surface area contributed by atoms with Gasteiger partial charge in [-0.1, -0.05) is 19.1 Å². The van der Waals surface area contributed by atoms with Crippen LogP contribution in [0.25, 0.3) is 0 Å². The van der Waals surface area contributed by atoms with Crippen LogP contribution in [0, 0.1) is 0 Å². The molecule has 1 aromatic rings. The first-order valence-corrected chi connectivity index (χ1v) is 11.3. The summed E-state index contributed by atoms with van der Waals surface area (Å²) in [4.78, 5) is 22.9. The molecule has 0 aromatic heterocycles. The third-order valence-electron chi connectivity index (χ3n) is 4.92. The van der Waals surface area contributed by atoms with Crippen LogP contribution in [0.3, 0.4) is 0 Å². The van der Waals surface area contributed by atoms with E-state index in [-0.39, 0.29) is 18.5 Å². The molecular formula is C24H36O6. The van der Waals surface area contributed by atoms with E-state index in [4.69, 9.17) is 18.9 Å². The van der Waals surface area contributed by atoms with Crippen molar-refractivity contribution < 1.29 is 28.5 Å². The molecule has 0 radical (unpaired) electrons. The summed E-state index contributed by atoms with van der Waals surface area (Å²) in [7, 11) is 0. The molecule has 0 bridgehead atoms. The Kier molecular flexibility index (Phi) is 12.1. The maximum Gasteiger partial charge on any atom is 0.313 e. The molecule has 1 aromatic carbocycles. The van der Waals surface area contributed by atoms with Gasteiger partial charge in [-0.3, -0.25) is 9.59 Å². The molecule has 1 aliphatic rings. The molecule has 1 aliphatic heterocycles. The highest BCUT2D eigenvalue weighted by Gasteiger charge is 2.13. The Morgan fingerprint density at radius 2 is 1.83 bits per heavy atom. The molecule has 1 fully saturated rings. The minimum absolute atomic E-state index is 0.0124. The first kappa shape index (κ1) is 24.4. The summed E-state index contributed by atoms with van der Waals surface area (Å²) in [5.41, 5.74) is 1.26. The van der Waals surface area contributed by atoms with E-state index in [0.717, 1.165) is 63.9 Å². The number of benzene rings is 1. The Labute approximate surface area is 180 Å². The van der Waals surface area contributed by atoms with Crippen LogP contribution in [0.5, 0.6) is 5.75 Å². The fourth-order valence-electron chi connectivity index (χ4n) is 3.25. The number of carbonyl (C=O) groups is 2. The smallest absolute Gasteiger partial charge is 0.313 e. The summed E-state index contributed by atoms with van der Waals surface area (Å²) >= 11 is 0. The third-order valence-corrected chi connectivity index (χ3v) is 4.92. The number of ether oxygens (including phenoxy) is 4. The van der Waals surface area contributed by atoms with Crippen molar-refractivity contribution in [2.24, 2.45) is 0 Å². The minimum atomic E-state index is -0.429. The van der Waals surface area contributed by atoms with Gasteiger partial charge in [-0.15, -0.1) is 0 Å². The van der Waals surface area contributed by atoms with Gasteiger partial charge in [0, 0.05) is 13.0 Å². The maximum absolute atomic E-state index is 11.5. The van der Waals surface area contributed by atoms with E-state index in [1.165, 1.54) is 12.0 Å². The molecule has 1 atom stereocenters. The summed E-state index contributed by atoms with van der Waals surface area (Å²) in [6.07, 6.45) is 7.86. The number of carbonyl (C=O) groups excluding carboxylic acids is 2. The standard InChI is InChI=1S/C24H36O6/c1-2-8-21(25)19-23(26)28-16-6-5-15-27-22-13-11-20(12-14-22)9-7-18-30-24-10-3-4-17-29-24/h11-14,24H,2-10,15-19H2,1H3. The summed E-state index contributed by atoms with van der Waals surface area (Å²) in [5, 5.41) is 0. The van der Waals surface area contributed by atoms with E-state index in [9.17, 15) is 9.59 Å². The predicted molar refractivity (Wildman–Crippen MR) is 115 cm³/mol. The lowest BCUT2D eigenvalue weighted by atomic mass is 10.1. The quantitative estimate of drug-likeness (QED) is 0.234. The molecule has 0 spiro atoms. The first-order valence-electron chi connectivity index (χ1n) is 11.3. The number of aryl methyl sites for hydroxylation is 1. The van der Waals surface area contributed by atoms with Gasteiger partial charge in [-0.25, -0.2) is 0 Å². The zero-order chi connectivity index (χ0) is 21.4. The molecule has 168 valence electrons. The van der Waals surface area contributed by atoms with Crippen LogP contribution in [0.15, 0.2) is 24.3 Å². The van der Waals surface area contributed by atoms with Gasteiger partial charge in [0.2, 0.25) is 0 Å². The van der Waals surface area contributed by atoms with E-state index in [2.05, 4.69) is 12.1 Å². The molecule has 2 rings (SSSR count). The Bertz CT molecular complexity index is 607. The summed E-state index contributed by atoms with van der Waals surface area (Å²) < 4.78 is 22.1. The van der Waals surface area contributed by atoms with Gasteiger partial charge < -0.3 is 18.9 Å². The molecule has 1 unspecified atom stereocenters. The van der Waals surface area contributed by atoms with Crippen molar-refractivity contribution in [2.75, 3.05) is 26.4 Å². The van der Waals surface area contributed by atoms with Gasteiger partial charge in [0.25, 0.3) is 0 Å². The van der Waals surface area contributed by atoms with Crippen molar-refractivity contribution in [1.29, 1.82) is 0 Å². The lowest BCUT2D eigenvalue weighted by Gasteiger charge is -2.22. The molecule has 0 amide bonds. The summed E-state index contributed by atoms with van der Waals surface area (Å²) in [6, 6.07) is 8.14. The zero-order valence-electron chi connectivity index (χ0n) is 18.2. The van der Waals surface area contributed by atoms with E-state index in [1.807, 2.05) is 19.1 Å². The number of unbranched alkanes of at least 4 members (excludes halogenated alkanes) is 1. The molecule has 30 heavy (non-hydrogen) atoms. The molecule has 0 aliphatic carbocycles. The second-order valence-electron chi connectivity index (χ2n) is 7.66. The van der Waals surface area contributed by atoms with Gasteiger partial charge in [-0.05, 0) is 69.1 Å². The number of rotatable bonds is 15. The van der Waals surface area contributed by atoms with Gasteiger partial charge in [0.15, 0.2) is 6.29 Å².